The average molecular weight is 292 g/mol. The van der Waals surface area contributed by atoms with Gasteiger partial charge in [0.1, 0.15) is 0 Å². The molecule has 0 atom stereocenters. The third-order valence-electron chi connectivity index (χ3n) is 2.93. The molecular formula is C18H28O3. The standard InChI is InChI=1S/C18H28O3/c1-12(2)10-14(18(7,8)9)11-15(19)21-16(20)13(3)17(4,5)6/h10-11H,3H2,1-2,4-9H3. The first-order chi connectivity index (χ1) is 9.25. The Morgan fingerprint density at radius 3 is 1.71 bits per heavy atom. The first-order valence-corrected chi connectivity index (χ1v) is 7.07. The minimum Gasteiger partial charge on any atom is -0.386 e. The SMILES string of the molecule is C=C(C(=O)OC(=O)C=C(C=C(C)C)C(C)(C)C)C(C)(C)C. The largest absolute Gasteiger partial charge is 0.386 e. The molecule has 3 heteroatoms. The van der Waals surface area contributed by atoms with Crippen molar-refractivity contribution in [2.75, 3.05) is 0 Å². The molecule has 3 nitrogen and oxygen atoms in total. The molecule has 0 fully saturated rings. The van der Waals surface area contributed by atoms with Crippen molar-refractivity contribution >= 4 is 11.9 Å². The van der Waals surface area contributed by atoms with Crippen molar-refractivity contribution in [1.82, 2.24) is 0 Å². The molecule has 0 heterocycles. The van der Waals surface area contributed by atoms with Gasteiger partial charge in [-0.25, -0.2) is 9.59 Å². The van der Waals surface area contributed by atoms with Crippen molar-refractivity contribution in [3.8, 4) is 0 Å². The Morgan fingerprint density at radius 2 is 1.38 bits per heavy atom. The summed E-state index contributed by atoms with van der Waals surface area (Å²) in [6.45, 7) is 19.2. The lowest BCUT2D eigenvalue weighted by Crippen LogP contribution is -2.22. The lowest BCUT2D eigenvalue weighted by Gasteiger charge is -2.21. The van der Waals surface area contributed by atoms with Crippen LogP contribution in [-0.4, -0.2) is 11.9 Å². The van der Waals surface area contributed by atoms with Gasteiger partial charge in [-0.1, -0.05) is 59.8 Å². The van der Waals surface area contributed by atoms with Crippen molar-refractivity contribution in [2.45, 2.75) is 55.4 Å². The van der Waals surface area contributed by atoms with Crippen LogP contribution in [0.15, 0.2) is 35.5 Å². The lowest BCUT2D eigenvalue weighted by atomic mass is 9.85. The Hall–Kier alpha value is -1.64. The molecule has 0 saturated carbocycles. The average Bonchev–Trinajstić information content (AvgIpc) is 2.23. The van der Waals surface area contributed by atoms with Gasteiger partial charge < -0.3 is 4.74 Å². The van der Waals surface area contributed by atoms with Crippen LogP contribution in [0, 0.1) is 10.8 Å². The van der Waals surface area contributed by atoms with E-state index in [0.717, 1.165) is 11.1 Å². The number of hydrogen-bond donors (Lipinski definition) is 0. The molecule has 0 aromatic heterocycles. The summed E-state index contributed by atoms with van der Waals surface area (Å²) in [7, 11) is 0. The molecule has 0 aromatic carbocycles. The Bertz CT molecular complexity index is 488. The number of esters is 2. The monoisotopic (exact) mass is 292 g/mol. The van der Waals surface area contributed by atoms with E-state index in [1.165, 1.54) is 6.08 Å². The fraction of sp³-hybridized carbons (Fsp3) is 0.556. The summed E-state index contributed by atoms with van der Waals surface area (Å²) >= 11 is 0. The first-order valence-electron chi connectivity index (χ1n) is 7.07. The summed E-state index contributed by atoms with van der Waals surface area (Å²) in [5.74, 6) is -1.33. The van der Waals surface area contributed by atoms with Crippen LogP contribution in [0.2, 0.25) is 0 Å². The van der Waals surface area contributed by atoms with Crippen LogP contribution in [0.5, 0.6) is 0 Å². The molecule has 0 amide bonds. The quantitative estimate of drug-likeness (QED) is 0.330. The van der Waals surface area contributed by atoms with Gasteiger partial charge >= 0.3 is 11.9 Å². The van der Waals surface area contributed by atoms with E-state index in [1.807, 2.05) is 61.5 Å². The van der Waals surface area contributed by atoms with Crippen LogP contribution in [0.4, 0.5) is 0 Å². The van der Waals surface area contributed by atoms with E-state index in [2.05, 4.69) is 6.58 Å². The minimum atomic E-state index is -0.672. The summed E-state index contributed by atoms with van der Waals surface area (Å²) in [6, 6.07) is 0. The Morgan fingerprint density at radius 1 is 0.905 bits per heavy atom. The topological polar surface area (TPSA) is 43.4 Å². The number of carbonyl (C=O) groups excluding carboxylic acids is 2. The van der Waals surface area contributed by atoms with Gasteiger partial charge in [0.15, 0.2) is 0 Å². The highest BCUT2D eigenvalue weighted by atomic mass is 16.6. The van der Waals surface area contributed by atoms with Gasteiger partial charge in [0, 0.05) is 11.6 Å². The number of allylic oxidation sites excluding steroid dienone is 3. The highest BCUT2D eigenvalue weighted by Gasteiger charge is 2.25. The minimum absolute atomic E-state index is 0.208. The maximum absolute atomic E-state index is 11.9. The van der Waals surface area contributed by atoms with E-state index in [0.29, 0.717) is 0 Å². The van der Waals surface area contributed by atoms with Gasteiger partial charge in [0.25, 0.3) is 0 Å². The van der Waals surface area contributed by atoms with Crippen LogP contribution < -0.4 is 0 Å². The molecule has 0 aliphatic heterocycles. The lowest BCUT2D eigenvalue weighted by molar-refractivity contribution is -0.153. The normalized spacial score (nSPS) is 12.7. The van der Waals surface area contributed by atoms with Crippen LogP contribution >= 0.6 is 0 Å². The van der Waals surface area contributed by atoms with Gasteiger partial charge in [-0.05, 0) is 30.3 Å². The van der Waals surface area contributed by atoms with Gasteiger partial charge in [0.2, 0.25) is 0 Å². The second-order valence-corrected chi connectivity index (χ2v) is 7.51. The van der Waals surface area contributed by atoms with Gasteiger partial charge in [-0.15, -0.1) is 0 Å². The van der Waals surface area contributed by atoms with E-state index < -0.39 is 17.4 Å². The van der Waals surface area contributed by atoms with Crippen LogP contribution in [-0.2, 0) is 14.3 Å². The summed E-state index contributed by atoms with van der Waals surface area (Å²) in [5.41, 5.74) is 1.55. The molecule has 0 aliphatic rings. The van der Waals surface area contributed by atoms with E-state index in [-0.39, 0.29) is 11.0 Å². The molecule has 0 unspecified atom stereocenters. The van der Waals surface area contributed by atoms with Gasteiger partial charge in [-0.3, -0.25) is 0 Å². The fourth-order valence-electron chi connectivity index (χ4n) is 1.40. The second-order valence-electron chi connectivity index (χ2n) is 7.51. The molecule has 0 N–H and O–H groups in total. The molecule has 0 radical (unpaired) electrons. The molecule has 0 spiro atoms. The summed E-state index contributed by atoms with van der Waals surface area (Å²) in [5, 5.41) is 0. The van der Waals surface area contributed by atoms with Gasteiger partial charge in [0.05, 0.1) is 0 Å². The summed E-state index contributed by atoms with van der Waals surface area (Å²) < 4.78 is 4.86. The van der Waals surface area contributed by atoms with Crippen molar-refractivity contribution in [3.05, 3.63) is 35.5 Å². The Labute approximate surface area is 128 Å². The smallest absolute Gasteiger partial charge is 0.341 e. The van der Waals surface area contributed by atoms with Crippen molar-refractivity contribution < 1.29 is 14.3 Å². The molecule has 0 saturated heterocycles. The fourth-order valence-corrected chi connectivity index (χ4v) is 1.40. The molecule has 0 bridgehead atoms. The zero-order chi connectivity index (χ0) is 17.0. The highest BCUT2D eigenvalue weighted by molar-refractivity contribution is 6.00. The van der Waals surface area contributed by atoms with Crippen molar-refractivity contribution in [3.63, 3.8) is 0 Å². The number of hydrogen-bond acceptors (Lipinski definition) is 3. The van der Waals surface area contributed by atoms with Crippen LogP contribution in [0.25, 0.3) is 0 Å². The zero-order valence-electron chi connectivity index (χ0n) is 14.6. The van der Waals surface area contributed by atoms with Crippen molar-refractivity contribution in [1.29, 1.82) is 0 Å². The predicted molar refractivity (Wildman–Crippen MR) is 86.7 cm³/mol. The molecule has 21 heavy (non-hydrogen) atoms. The number of carbonyl (C=O) groups is 2. The number of rotatable bonds is 3. The zero-order valence-corrected chi connectivity index (χ0v) is 14.6. The van der Waals surface area contributed by atoms with E-state index in [1.54, 1.807) is 0 Å². The first kappa shape index (κ1) is 19.4. The maximum Gasteiger partial charge on any atom is 0.341 e. The summed E-state index contributed by atoms with van der Waals surface area (Å²) in [4.78, 5) is 23.8. The maximum atomic E-state index is 11.9. The van der Waals surface area contributed by atoms with Gasteiger partial charge in [-0.2, -0.15) is 0 Å². The molecular weight excluding hydrogens is 264 g/mol. The Kier molecular flexibility index (Phi) is 6.34. The summed E-state index contributed by atoms with van der Waals surface area (Å²) in [6.07, 6.45) is 3.30. The third-order valence-corrected chi connectivity index (χ3v) is 2.93. The molecule has 0 rings (SSSR count). The number of ether oxygens (including phenoxy) is 1. The molecule has 118 valence electrons. The third kappa shape index (κ3) is 7.07. The van der Waals surface area contributed by atoms with E-state index >= 15 is 0 Å². The van der Waals surface area contributed by atoms with E-state index in [4.69, 9.17) is 4.74 Å². The Balaban J connectivity index is 5.18. The van der Waals surface area contributed by atoms with Crippen molar-refractivity contribution in [2.24, 2.45) is 10.8 Å². The predicted octanol–water partition coefficient (Wildman–Crippen LogP) is 4.60. The molecule has 0 aromatic rings. The van der Waals surface area contributed by atoms with Crippen LogP contribution in [0.3, 0.4) is 0 Å². The highest BCUT2D eigenvalue weighted by Crippen LogP contribution is 2.28. The second kappa shape index (κ2) is 6.88. The molecule has 0 aliphatic carbocycles. The van der Waals surface area contributed by atoms with E-state index in [9.17, 15) is 9.59 Å². The van der Waals surface area contributed by atoms with Crippen LogP contribution in [0.1, 0.15) is 55.4 Å².